The van der Waals surface area contributed by atoms with Crippen molar-refractivity contribution in [3.05, 3.63) is 35.0 Å². The molecule has 9 heteroatoms. The molecule has 1 aliphatic heterocycles. The summed E-state index contributed by atoms with van der Waals surface area (Å²) in [6.45, 7) is 8.89. The van der Waals surface area contributed by atoms with E-state index in [0.717, 1.165) is 29.5 Å². The summed E-state index contributed by atoms with van der Waals surface area (Å²) in [6.07, 6.45) is 5.40. The van der Waals surface area contributed by atoms with Gasteiger partial charge in [-0.15, -0.1) is 11.3 Å². The smallest absolute Gasteiger partial charge is 0.387 e. The predicted molar refractivity (Wildman–Crippen MR) is 129 cm³/mol. The molecule has 0 spiro atoms. The van der Waals surface area contributed by atoms with Gasteiger partial charge in [-0.1, -0.05) is 34.1 Å². The zero-order valence-corrected chi connectivity index (χ0v) is 20.9. The van der Waals surface area contributed by atoms with Crippen molar-refractivity contribution in [3.63, 3.8) is 0 Å². The summed E-state index contributed by atoms with van der Waals surface area (Å²) in [4.78, 5) is 16.2. The van der Waals surface area contributed by atoms with Gasteiger partial charge >= 0.3 is 6.61 Å². The summed E-state index contributed by atoms with van der Waals surface area (Å²) in [7, 11) is 0. The number of piperidine rings is 1. The summed E-state index contributed by atoms with van der Waals surface area (Å²) in [5.41, 5.74) is 1.15. The molecule has 1 aromatic heterocycles. The maximum Gasteiger partial charge on any atom is 0.387 e. The molecule has 1 saturated heterocycles. The summed E-state index contributed by atoms with van der Waals surface area (Å²) in [5.74, 6) is 1.40. The number of rotatable bonds is 7. The summed E-state index contributed by atoms with van der Waals surface area (Å²) in [5, 5.41) is 17.0. The van der Waals surface area contributed by atoms with Gasteiger partial charge in [-0.3, -0.25) is 9.69 Å². The van der Waals surface area contributed by atoms with Gasteiger partial charge in [0.05, 0.1) is 23.1 Å². The summed E-state index contributed by atoms with van der Waals surface area (Å²) >= 11 is 1.48. The second kappa shape index (κ2) is 12.8. The monoisotopic (exact) mass is 493 g/mol. The van der Waals surface area contributed by atoms with E-state index in [4.69, 9.17) is 9.90 Å². The van der Waals surface area contributed by atoms with Crippen LogP contribution in [-0.2, 0) is 11.3 Å². The number of hydrogen-bond donors (Lipinski definition) is 1. The second-order valence-corrected chi connectivity index (χ2v) is 10.7. The highest BCUT2D eigenvalue weighted by Gasteiger charge is 2.34. The lowest BCUT2D eigenvalue weighted by atomic mass is 9.72. The molecule has 0 radical (unpaired) electrons. The highest BCUT2D eigenvalue weighted by Crippen LogP contribution is 2.39. The van der Waals surface area contributed by atoms with Crippen LogP contribution in [0, 0.1) is 28.6 Å². The Morgan fingerprint density at radius 2 is 2.09 bits per heavy atom. The average Bonchev–Trinajstić information content (AvgIpc) is 3.22. The average molecular weight is 494 g/mol. The van der Waals surface area contributed by atoms with Crippen LogP contribution in [0.5, 0.6) is 5.75 Å². The van der Waals surface area contributed by atoms with Crippen LogP contribution in [0.3, 0.4) is 0 Å². The molecule has 0 saturated carbocycles. The molecule has 6 nitrogen and oxygen atoms in total. The van der Waals surface area contributed by atoms with Gasteiger partial charge in [-0.2, -0.15) is 14.0 Å². The topological polar surface area (TPSA) is 86.5 Å². The van der Waals surface area contributed by atoms with Crippen molar-refractivity contribution in [1.82, 2.24) is 9.88 Å². The zero-order valence-electron chi connectivity index (χ0n) is 20.1. The number of alkyl halides is 2. The SMILES string of the molecule is CCCC1CC(C(C)(C)C)CN(Cc2ncc(-c3cc(C#N)ccc3OC(F)F)s2)C1.O=CO. The predicted octanol–water partition coefficient (Wildman–Crippen LogP) is 6.27. The van der Waals surface area contributed by atoms with Crippen LogP contribution >= 0.6 is 11.3 Å². The number of likely N-dealkylation sites (tertiary alicyclic amines) is 1. The van der Waals surface area contributed by atoms with Gasteiger partial charge < -0.3 is 9.84 Å². The van der Waals surface area contributed by atoms with Crippen LogP contribution in [0.4, 0.5) is 8.78 Å². The molecule has 1 aliphatic rings. The first-order chi connectivity index (χ1) is 16.1. The molecule has 2 aromatic rings. The number of nitriles is 1. The molecule has 0 amide bonds. The number of halogens is 2. The van der Waals surface area contributed by atoms with Crippen molar-refractivity contribution in [2.24, 2.45) is 17.3 Å². The lowest BCUT2D eigenvalue weighted by Crippen LogP contribution is -2.44. The quantitative estimate of drug-likeness (QED) is 0.458. The molecule has 0 bridgehead atoms. The Balaban J connectivity index is 0.00000129. The van der Waals surface area contributed by atoms with E-state index >= 15 is 0 Å². The minimum absolute atomic E-state index is 0.0676. The zero-order chi connectivity index (χ0) is 25.3. The molecular weight excluding hydrogens is 460 g/mol. The second-order valence-electron chi connectivity index (χ2n) is 9.57. The fraction of sp³-hybridized carbons (Fsp3) is 0.560. The fourth-order valence-electron chi connectivity index (χ4n) is 4.37. The molecule has 186 valence electrons. The Kier molecular flexibility index (Phi) is 10.4. The first kappa shape index (κ1) is 27.7. The van der Waals surface area contributed by atoms with E-state index in [-0.39, 0.29) is 17.6 Å². The van der Waals surface area contributed by atoms with Gasteiger partial charge in [0.2, 0.25) is 0 Å². The maximum absolute atomic E-state index is 12.8. The van der Waals surface area contributed by atoms with Gasteiger partial charge in [0, 0.05) is 24.8 Å². The molecule has 2 heterocycles. The van der Waals surface area contributed by atoms with E-state index in [1.807, 2.05) is 0 Å². The first-order valence-corrected chi connectivity index (χ1v) is 12.2. The van der Waals surface area contributed by atoms with Crippen molar-refractivity contribution in [2.45, 2.75) is 60.1 Å². The number of thiazole rings is 1. The Morgan fingerprint density at radius 1 is 1.38 bits per heavy atom. The van der Waals surface area contributed by atoms with E-state index in [9.17, 15) is 14.0 Å². The number of carbonyl (C=O) groups is 1. The Hall–Kier alpha value is -2.57. The van der Waals surface area contributed by atoms with Crippen molar-refractivity contribution < 1.29 is 23.4 Å². The highest BCUT2D eigenvalue weighted by atomic mass is 32.1. The Morgan fingerprint density at radius 3 is 2.68 bits per heavy atom. The minimum atomic E-state index is -2.92. The number of carboxylic acid groups (broad SMARTS) is 1. The van der Waals surface area contributed by atoms with E-state index in [1.54, 1.807) is 12.3 Å². The Bertz CT molecular complexity index is 969. The molecule has 1 aromatic carbocycles. The summed E-state index contributed by atoms with van der Waals surface area (Å²) < 4.78 is 30.4. The van der Waals surface area contributed by atoms with Crippen LogP contribution in [0.15, 0.2) is 24.4 Å². The minimum Gasteiger partial charge on any atom is -0.483 e. The van der Waals surface area contributed by atoms with Gasteiger partial charge in [-0.05, 0) is 48.3 Å². The van der Waals surface area contributed by atoms with Gasteiger partial charge in [0.25, 0.3) is 6.47 Å². The van der Waals surface area contributed by atoms with Crippen LogP contribution in [0.2, 0.25) is 0 Å². The normalized spacial score (nSPS) is 18.6. The van der Waals surface area contributed by atoms with E-state index in [2.05, 4.69) is 48.4 Å². The van der Waals surface area contributed by atoms with Crippen molar-refractivity contribution in [3.8, 4) is 22.3 Å². The number of ether oxygens (including phenoxy) is 1. The lowest BCUT2D eigenvalue weighted by molar-refractivity contribution is -0.122. The summed E-state index contributed by atoms with van der Waals surface area (Å²) in [6, 6.07) is 6.55. The molecule has 2 unspecified atom stereocenters. The van der Waals surface area contributed by atoms with Crippen LogP contribution in [0.25, 0.3) is 10.4 Å². The van der Waals surface area contributed by atoms with Crippen LogP contribution < -0.4 is 4.74 Å². The first-order valence-electron chi connectivity index (χ1n) is 11.3. The number of aromatic nitrogens is 1. The van der Waals surface area contributed by atoms with Crippen molar-refractivity contribution in [2.75, 3.05) is 13.1 Å². The molecule has 2 atom stereocenters. The molecule has 34 heavy (non-hydrogen) atoms. The fourth-order valence-corrected chi connectivity index (χ4v) is 5.35. The maximum atomic E-state index is 12.8. The van der Waals surface area contributed by atoms with Gasteiger partial charge in [0.1, 0.15) is 10.8 Å². The Labute approximate surface area is 204 Å². The lowest BCUT2D eigenvalue weighted by Gasteiger charge is -2.43. The number of hydrogen-bond acceptors (Lipinski definition) is 6. The van der Waals surface area contributed by atoms with Gasteiger partial charge in [-0.25, -0.2) is 4.98 Å². The van der Waals surface area contributed by atoms with Gasteiger partial charge in [0.15, 0.2) is 0 Å². The largest absolute Gasteiger partial charge is 0.483 e. The van der Waals surface area contributed by atoms with Crippen molar-refractivity contribution in [1.29, 1.82) is 5.26 Å². The van der Waals surface area contributed by atoms with E-state index in [0.29, 0.717) is 23.0 Å². The third-order valence-electron chi connectivity index (χ3n) is 6.04. The van der Waals surface area contributed by atoms with Crippen LogP contribution in [-0.4, -0.2) is 41.2 Å². The van der Waals surface area contributed by atoms with E-state index < -0.39 is 6.61 Å². The standard InChI is InChI=1S/C24H31F2N3OS.CH2O2/c1-5-6-17-9-18(24(2,3)4)14-29(13-17)15-22-28-12-21(31-22)19-10-16(11-27)7-8-20(19)30-23(25)26;2-1-3/h7-8,10,12,17-18,23H,5-6,9,13-15H2,1-4H3;1H,(H,2,3). The highest BCUT2D eigenvalue weighted by molar-refractivity contribution is 7.15. The third-order valence-corrected chi connectivity index (χ3v) is 7.05. The van der Waals surface area contributed by atoms with E-state index in [1.165, 1.54) is 42.7 Å². The molecule has 3 rings (SSSR count). The molecule has 0 aliphatic carbocycles. The number of nitrogens with zero attached hydrogens (tertiary/aromatic N) is 3. The third kappa shape index (κ3) is 8.03. The van der Waals surface area contributed by atoms with Crippen LogP contribution in [0.1, 0.15) is 57.5 Å². The number of benzene rings is 1. The molecule has 1 N–H and O–H groups in total. The molecular formula is C25H33F2N3O3S. The molecule has 1 fully saturated rings. The van der Waals surface area contributed by atoms with Crippen molar-refractivity contribution >= 4 is 17.8 Å².